The fourth-order valence-corrected chi connectivity index (χ4v) is 2.93. The summed E-state index contributed by atoms with van der Waals surface area (Å²) < 4.78 is 15.6. The van der Waals surface area contributed by atoms with E-state index in [1.807, 2.05) is 16.7 Å². The van der Waals surface area contributed by atoms with Crippen LogP contribution < -0.4 is 5.73 Å². The number of aromatic nitrogens is 4. The molecule has 0 aliphatic carbocycles. The minimum atomic E-state index is -0.270. The molecule has 0 unspecified atom stereocenters. The van der Waals surface area contributed by atoms with E-state index in [0.717, 1.165) is 16.8 Å². The van der Waals surface area contributed by atoms with E-state index in [1.165, 1.54) is 6.07 Å². The molecule has 4 rings (SSSR count). The highest BCUT2D eigenvalue weighted by Crippen LogP contribution is 2.33. The fourth-order valence-electron chi connectivity index (χ4n) is 2.93. The molecule has 6 nitrogen and oxygen atoms in total. The molecule has 0 saturated carbocycles. The lowest BCUT2D eigenvalue weighted by Crippen LogP contribution is -1.98. The van der Waals surface area contributed by atoms with Crippen molar-refractivity contribution >= 4 is 11.6 Å². The Bertz CT molecular complexity index is 1120. The molecule has 0 atom stereocenters. The number of pyridine rings is 1. The Kier molecular flexibility index (Phi) is 3.85. The van der Waals surface area contributed by atoms with Crippen LogP contribution in [-0.4, -0.2) is 24.5 Å². The second-order valence-electron chi connectivity index (χ2n) is 5.99. The number of hydrogen-bond donors (Lipinski definition) is 2. The lowest BCUT2D eigenvalue weighted by molar-refractivity contribution is 0.282. The molecule has 3 heterocycles. The molecule has 0 aliphatic rings. The Morgan fingerprint density at radius 1 is 1.15 bits per heavy atom. The van der Waals surface area contributed by atoms with Crippen molar-refractivity contribution in [2.45, 2.75) is 13.5 Å². The maximum absolute atomic E-state index is 13.7. The Morgan fingerprint density at radius 2 is 2.00 bits per heavy atom. The highest BCUT2D eigenvalue weighted by molar-refractivity contribution is 5.81. The third-order valence-corrected chi connectivity index (χ3v) is 4.22. The summed E-state index contributed by atoms with van der Waals surface area (Å²) in [6, 6.07) is 10.2. The van der Waals surface area contributed by atoms with E-state index in [1.54, 1.807) is 37.4 Å². The normalized spacial score (nSPS) is 11.2. The van der Waals surface area contributed by atoms with Gasteiger partial charge in [-0.15, -0.1) is 0 Å². The second kappa shape index (κ2) is 6.20. The van der Waals surface area contributed by atoms with Crippen molar-refractivity contribution in [3.63, 3.8) is 0 Å². The zero-order valence-corrected chi connectivity index (χ0v) is 14.0. The van der Waals surface area contributed by atoms with Gasteiger partial charge in [-0.2, -0.15) is 0 Å². The van der Waals surface area contributed by atoms with Crippen molar-refractivity contribution < 1.29 is 9.50 Å². The molecular weight excluding hydrogens is 333 g/mol. The van der Waals surface area contributed by atoms with Crippen molar-refractivity contribution in [1.82, 2.24) is 19.4 Å². The SMILES string of the molecule is Cc1cc(-c2nc3cc(CO)ccn3c2-c2ccnc(N)n2)ccc1F. The van der Waals surface area contributed by atoms with E-state index in [2.05, 4.69) is 9.97 Å². The number of halogens is 1. The number of imidazole rings is 1. The number of aliphatic hydroxyl groups is 1. The van der Waals surface area contributed by atoms with Gasteiger partial charge in [0.05, 0.1) is 23.7 Å². The highest BCUT2D eigenvalue weighted by Gasteiger charge is 2.18. The summed E-state index contributed by atoms with van der Waals surface area (Å²) in [5.74, 6) is -0.112. The molecule has 0 aliphatic heterocycles. The molecular formula is C19H16FN5O. The lowest BCUT2D eigenvalue weighted by atomic mass is 10.1. The van der Waals surface area contributed by atoms with E-state index in [4.69, 9.17) is 10.7 Å². The van der Waals surface area contributed by atoms with E-state index < -0.39 is 0 Å². The molecule has 26 heavy (non-hydrogen) atoms. The van der Waals surface area contributed by atoms with Crippen LogP contribution in [0.15, 0.2) is 48.8 Å². The number of nitrogen functional groups attached to an aromatic ring is 1. The predicted molar refractivity (Wildman–Crippen MR) is 96.7 cm³/mol. The van der Waals surface area contributed by atoms with Crippen LogP contribution in [0.5, 0.6) is 0 Å². The molecule has 1 aromatic carbocycles. The number of nitrogens with zero attached hydrogens (tertiary/aromatic N) is 4. The molecule has 130 valence electrons. The molecule has 3 aromatic heterocycles. The molecule has 0 spiro atoms. The van der Waals surface area contributed by atoms with Gasteiger partial charge in [-0.1, -0.05) is 0 Å². The molecule has 0 fully saturated rings. The maximum Gasteiger partial charge on any atom is 0.220 e. The Balaban J connectivity index is 2.04. The van der Waals surface area contributed by atoms with E-state index in [0.29, 0.717) is 22.6 Å². The van der Waals surface area contributed by atoms with E-state index in [-0.39, 0.29) is 18.4 Å². The minimum absolute atomic E-state index is 0.0792. The third-order valence-electron chi connectivity index (χ3n) is 4.22. The monoisotopic (exact) mass is 349 g/mol. The van der Waals surface area contributed by atoms with Crippen LogP contribution in [0.4, 0.5) is 10.3 Å². The van der Waals surface area contributed by atoms with Gasteiger partial charge in [0, 0.05) is 18.0 Å². The Labute approximate surface area is 148 Å². The summed E-state index contributed by atoms with van der Waals surface area (Å²) in [5.41, 5.74) is 10.4. The van der Waals surface area contributed by atoms with E-state index >= 15 is 0 Å². The average molecular weight is 349 g/mol. The number of anilines is 1. The predicted octanol–water partition coefficient (Wildman–Crippen LogP) is 2.98. The highest BCUT2D eigenvalue weighted by atomic mass is 19.1. The van der Waals surface area contributed by atoms with Gasteiger partial charge < -0.3 is 10.8 Å². The first-order valence-corrected chi connectivity index (χ1v) is 8.04. The first-order valence-electron chi connectivity index (χ1n) is 8.04. The number of rotatable bonds is 3. The molecule has 4 aromatic rings. The summed E-state index contributed by atoms with van der Waals surface area (Å²) in [7, 11) is 0. The van der Waals surface area contributed by atoms with Crippen LogP contribution in [0.3, 0.4) is 0 Å². The standard InChI is InChI=1S/C19H16FN5O/c1-11-8-13(2-3-14(11)20)17-18(15-4-6-22-19(21)23-15)25-7-5-12(10-26)9-16(25)24-17/h2-9,26H,10H2,1H3,(H2,21,22,23). The van der Waals surface area contributed by atoms with Crippen molar-refractivity contribution in [3.8, 4) is 22.6 Å². The molecule has 7 heteroatoms. The number of aliphatic hydroxyl groups excluding tert-OH is 1. The smallest absolute Gasteiger partial charge is 0.220 e. The van der Waals surface area contributed by atoms with Gasteiger partial charge in [-0.3, -0.25) is 4.40 Å². The number of fused-ring (bicyclic) bond motifs is 1. The summed E-state index contributed by atoms with van der Waals surface area (Å²) in [6.07, 6.45) is 3.40. The second-order valence-corrected chi connectivity index (χ2v) is 5.99. The van der Waals surface area contributed by atoms with Gasteiger partial charge in [-0.05, 0) is 54.4 Å². The number of nitrogens with two attached hydrogens (primary N) is 1. The Morgan fingerprint density at radius 3 is 2.73 bits per heavy atom. The lowest BCUT2D eigenvalue weighted by Gasteiger charge is -2.07. The van der Waals surface area contributed by atoms with Crippen LogP contribution in [0.2, 0.25) is 0 Å². The number of aryl methyl sites for hydroxylation is 1. The largest absolute Gasteiger partial charge is 0.392 e. The Hall–Kier alpha value is -3.32. The van der Waals surface area contributed by atoms with Crippen LogP contribution in [0.1, 0.15) is 11.1 Å². The molecule has 0 bridgehead atoms. The van der Waals surface area contributed by atoms with Crippen LogP contribution in [0.25, 0.3) is 28.3 Å². The van der Waals surface area contributed by atoms with Gasteiger partial charge in [0.25, 0.3) is 0 Å². The van der Waals surface area contributed by atoms with Crippen LogP contribution in [-0.2, 0) is 6.61 Å². The zero-order valence-electron chi connectivity index (χ0n) is 14.0. The van der Waals surface area contributed by atoms with E-state index in [9.17, 15) is 9.50 Å². The van der Waals surface area contributed by atoms with Crippen molar-refractivity contribution in [3.05, 3.63) is 65.7 Å². The van der Waals surface area contributed by atoms with Crippen molar-refractivity contribution in [2.24, 2.45) is 0 Å². The summed E-state index contributed by atoms with van der Waals surface area (Å²) >= 11 is 0. The molecule has 0 amide bonds. The van der Waals surface area contributed by atoms with Crippen molar-refractivity contribution in [1.29, 1.82) is 0 Å². The van der Waals surface area contributed by atoms with Gasteiger partial charge in [0.2, 0.25) is 5.95 Å². The maximum atomic E-state index is 13.7. The third kappa shape index (κ3) is 2.68. The van der Waals surface area contributed by atoms with Gasteiger partial charge in [0.15, 0.2) is 0 Å². The minimum Gasteiger partial charge on any atom is -0.392 e. The van der Waals surface area contributed by atoms with Crippen molar-refractivity contribution in [2.75, 3.05) is 5.73 Å². The van der Waals surface area contributed by atoms with Crippen LogP contribution in [0, 0.1) is 12.7 Å². The summed E-state index contributed by atoms with van der Waals surface area (Å²) in [4.78, 5) is 13.0. The number of hydrogen-bond acceptors (Lipinski definition) is 5. The number of benzene rings is 1. The quantitative estimate of drug-likeness (QED) is 0.593. The van der Waals surface area contributed by atoms with Gasteiger partial charge in [-0.25, -0.2) is 19.3 Å². The van der Waals surface area contributed by atoms with Crippen LogP contribution >= 0.6 is 0 Å². The first-order chi connectivity index (χ1) is 12.6. The average Bonchev–Trinajstić information content (AvgIpc) is 3.02. The van der Waals surface area contributed by atoms with Gasteiger partial charge >= 0.3 is 0 Å². The first kappa shape index (κ1) is 16.2. The van der Waals surface area contributed by atoms with Gasteiger partial charge in [0.1, 0.15) is 11.5 Å². The molecule has 3 N–H and O–H groups in total. The topological polar surface area (TPSA) is 89.3 Å². The summed E-state index contributed by atoms with van der Waals surface area (Å²) in [5, 5.41) is 9.39. The zero-order chi connectivity index (χ0) is 18.3. The summed E-state index contributed by atoms with van der Waals surface area (Å²) in [6.45, 7) is 1.63. The molecule has 0 saturated heterocycles. The molecule has 0 radical (unpaired) electrons. The fraction of sp³-hybridized carbons (Fsp3) is 0.105.